The molecule has 1 heterocycles. The molecular formula is C11H18N2O5. The summed E-state index contributed by atoms with van der Waals surface area (Å²) in [6, 6.07) is -1.91. The van der Waals surface area contributed by atoms with Crippen LogP contribution in [0.2, 0.25) is 0 Å². The molecule has 0 bridgehead atoms. The van der Waals surface area contributed by atoms with E-state index in [0.717, 1.165) is 6.42 Å². The summed E-state index contributed by atoms with van der Waals surface area (Å²) >= 11 is 0. The fourth-order valence-corrected chi connectivity index (χ4v) is 1.90. The number of carbonyl (C=O) groups excluding carboxylic acids is 1. The average Bonchev–Trinajstić information content (AvgIpc) is 2.57. The molecule has 0 saturated carbocycles. The first-order valence-electron chi connectivity index (χ1n) is 5.71. The van der Waals surface area contributed by atoms with Crippen molar-refractivity contribution in [3.05, 3.63) is 0 Å². The van der Waals surface area contributed by atoms with Crippen LogP contribution < -0.4 is 5.32 Å². The molecule has 102 valence electrons. The fraction of sp³-hybridized carbons (Fsp3) is 0.727. The number of carboxylic acids is 2. The number of amides is 2. The molecule has 0 aromatic carbocycles. The summed E-state index contributed by atoms with van der Waals surface area (Å²) in [6.45, 7) is 5.13. The Kier molecular flexibility index (Phi) is 4.15. The molecule has 1 atom stereocenters. The van der Waals surface area contributed by atoms with Crippen molar-refractivity contribution in [1.29, 1.82) is 0 Å². The largest absolute Gasteiger partial charge is 0.481 e. The Morgan fingerprint density at radius 3 is 2.33 bits per heavy atom. The molecule has 1 aliphatic rings. The van der Waals surface area contributed by atoms with Crippen LogP contribution in [-0.4, -0.2) is 52.2 Å². The quantitative estimate of drug-likeness (QED) is 0.674. The molecule has 18 heavy (non-hydrogen) atoms. The van der Waals surface area contributed by atoms with Gasteiger partial charge in [-0.25, -0.2) is 9.59 Å². The van der Waals surface area contributed by atoms with Gasteiger partial charge in [0.1, 0.15) is 6.04 Å². The fourth-order valence-electron chi connectivity index (χ4n) is 1.90. The number of rotatable bonds is 4. The van der Waals surface area contributed by atoms with Crippen LogP contribution in [0.3, 0.4) is 0 Å². The molecule has 1 fully saturated rings. The standard InChI is InChI=1S/C11H18N2O5/c1-11(2)3-4-13(6-11)10(18)12-7(9(16)17)5-8(14)15/h7H,3-6H2,1-2H3,(H,12,18)(H,14,15)(H,16,17)/t7-/m0/s1. The molecule has 0 spiro atoms. The van der Waals surface area contributed by atoms with Crippen LogP contribution in [0.15, 0.2) is 0 Å². The first-order valence-corrected chi connectivity index (χ1v) is 5.71. The molecule has 0 aromatic rings. The molecule has 0 aliphatic carbocycles. The first kappa shape index (κ1) is 14.3. The summed E-state index contributed by atoms with van der Waals surface area (Å²) in [4.78, 5) is 34.6. The lowest BCUT2D eigenvalue weighted by atomic mass is 9.93. The van der Waals surface area contributed by atoms with Gasteiger partial charge in [-0.15, -0.1) is 0 Å². The summed E-state index contributed by atoms with van der Waals surface area (Å²) in [7, 11) is 0. The van der Waals surface area contributed by atoms with Crippen molar-refractivity contribution in [2.75, 3.05) is 13.1 Å². The van der Waals surface area contributed by atoms with Gasteiger partial charge in [-0.2, -0.15) is 0 Å². The molecule has 1 saturated heterocycles. The highest BCUT2D eigenvalue weighted by Gasteiger charge is 2.33. The van der Waals surface area contributed by atoms with Gasteiger partial charge in [0, 0.05) is 13.1 Å². The number of likely N-dealkylation sites (tertiary alicyclic amines) is 1. The third-order valence-corrected chi connectivity index (χ3v) is 2.94. The van der Waals surface area contributed by atoms with Gasteiger partial charge in [-0.3, -0.25) is 4.79 Å². The van der Waals surface area contributed by atoms with Gasteiger partial charge in [0.15, 0.2) is 0 Å². The second-order valence-corrected chi connectivity index (χ2v) is 5.27. The number of nitrogens with one attached hydrogen (secondary N) is 1. The Labute approximate surface area is 105 Å². The molecule has 1 aliphatic heterocycles. The zero-order valence-electron chi connectivity index (χ0n) is 10.5. The van der Waals surface area contributed by atoms with Crippen LogP contribution in [0.1, 0.15) is 26.7 Å². The van der Waals surface area contributed by atoms with E-state index in [1.807, 2.05) is 13.8 Å². The summed E-state index contributed by atoms with van der Waals surface area (Å²) in [5.41, 5.74) is 0.0167. The summed E-state index contributed by atoms with van der Waals surface area (Å²) in [5.74, 6) is -2.60. The zero-order valence-corrected chi connectivity index (χ0v) is 10.5. The second-order valence-electron chi connectivity index (χ2n) is 5.27. The average molecular weight is 258 g/mol. The van der Waals surface area contributed by atoms with Crippen molar-refractivity contribution < 1.29 is 24.6 Å². The van der Waals surface area contributed by atoms with Crippen molar-refractivity contribution in [2.24, 2.45) is 5.41 Å². The van der Waals surface area contributed by atoms with Gasteiger partial charge in [0.05, 0.1) is 6.42 Å². The predicted octanol–water partition coefficient (Wildman–Crippen LogP) is 0.356. The van der Waals surface area contributed by atoms with Gasteiger partial charge < -0.3 is 20.4 Å². The van der Waals surface area contributed by atoms with E-state index in [4.69, 9.17) is 10.2 Å². The van der Waals surface area contributed by atoms with E-state index in [1.54, 1.807) is 0 Å². The summed E-state index contributed by atoms with van der Waals surface area (Å²) in [6.07, 6.45) is 0.218. The van der Waals surface area contributed by atoms with Crippen molar-refractivity contribution >= 4 is 18.0 Å². The number of nitrogens with zero attached hydrogens (tertiary/aromatic N) is 1. The minimum absolute atomic E-state index is 0.0167. The zero-order chi connectivity index (χ0) is 13.9. The smallest absolute Gasteiger partial charge is 0.326 e. The Morgan fingerprint density at radius 2 is 1.94 bits per heavy atom. The van der Waals surface area contributed by atoms with E-state index in [2.05, 4.69) is 5.32 Å². The molecule has 0 unspecified atom stereocenters. The monoisotopic (exact) mass is 258 g/mol. The van der Waals surface area contributed by atoms with E-state index < -0.39 is 30.4 Å². The van der Waals surface area contributed by atoms with Crippen LogP contribution in [0.25, 0.3) is 0 Å². The Hall–Kier alpha value is -1.79. The van der Waals surface area contributed by atoms with Crippen molar-refractivity contribution in [3.8, 4) is 0 Å². The molecule has 2 amide bonds. The Bertz CT molecular complexity index is 366. The predicted molar refractivity (Wildman–Crippen MR) is 62.2 cm³/mol. The molecule has 1 rings (SSSR count). The van der Waals surface area contributed by atoms with E-state index in [-0.39, 0.29) is 5.41 Å². The lowest BCUT2D eigenvalue weighted by molar-refractivity contribution is -0.145. The maximum atomic E-state index is 11.8. The van der Waals surface area contributed by atoms with E-state index in [1.165, 1.54) is 4.90 Å². The summed E-state index contributed by atoms with van der Waals surface area (Å²) < 4.78 is 0. The number of urea groups is 1. The van der Waals surface area contributed by atoms with E-state index in [9.17, 15) is 14.4 Å². The lowest BCUT2D eigenvalue weighted by Crippen LogP contribution is -2.48. The molecule has 0 radical (unpaired) electrons. The molecule has 0 aromatic heterocycles. The van der Waals surface area contributed by atoms with Crippen LogP contribution in [0, 0.1) is 5.41 Å². The number of hydrogen-bond donors (Lipinski definition) is 3. The van der Waals surface area contributed by atoms with Crippen LogP contribution >= 0.6 is 0 Å². The summed E-state index contributed by atoms with van der Waals surface area (Å²) in [5, 5.41) is 19.6. The van der Waals surface area contributed by atoms with Gasteiger partial charge in [0.25, 0.3) is 0 Å². The first-order chi connectivity index (χ1) is 8.21. The number of carbonyl (C=O) groups is 3. The number of carboxylic acid groups (broad SMARTS) is 2. The lowest BCUT2D eigenvalue weighted by Gasteiger charge is -2.22. The normalized spacial score (nSPS) is 19.3. The highest BCUT2D eigenvalue weighted by molar-refractivity contribution is 5.86. The van der Waals surface area contributed by atoms with Crippen molar-refractivity contribution in [3.63, 3.8) is 0 Å². The third kappa shape index (κ3) is 3.90. The number of hydrogen-bond acceptors (Lipinski definition) is 3. The molecule has 7 heteroatoms. The van der Waals surface area contributed by atoms with Gasteiger partial charge >= 0.3 is 18.0 Å². The van der Waals surface area contributed by atoms with Gasteiger partial charge in [0.2, 0.25) is 0 Å². The third-order valence-electron chi connectivity index (χ3n) is 2.94. The minimum Gasteiger partial charge on any atom is -0.481 e. The van der Waals surface area contributed by atoms with Gasteiger partial charge in [-0.1, -0.05) is 13.8 Å². The van der Waals surface area contributed by atoms with Crippen molar-refractivity contribution in [1.82, 2.24) is 10.2 Å². The molecule has 3 N–H and O–H groups in total. The van der Waals surface area contributed by atoms with E-state index in [0.29, 0.717) is 13.1 Å². The van der Waals surface area contributed by atoms with Crippen LogP contribution in [0.5, 0.6) is 0 Å². The maximum Gasteiger partial charge on any atom is 0.326 e. The number of aliphatic carboxylic acids is 2. The minimum atomic E-state index is -1.39. The van der Waals surface area contributed by atoms with Crippen LogP contribution in [0.4, 0.5) is 4.79 Å². The van der Waals surface area contributed by atoms with Crippen LogP contribution in [-0.2, 0) is 9.59 Å². The van der Waals surface area contributed by atoms with E-state index >= 15 is 0 Å². The highest BCUT2D eigenvalue weighted by atomic mass is 16.4. The Balaban J connectivity index is 2.57. The maximum absolute atomic E-state index is 11.8. The molecule has 7 nitrogen and oxygen atoms in total. The molecular weight excluding hydrogens is 240 g/mol. The van der Waals surface area contributed by atoms with Gasteiger partial charge in [-0.05, 0) is 11.8 Å². The second kappa shape index (κ2) is 5.24. The Morgan fingerprint density at radius 1 is 1.33 bits per heavy atom. The SMILES string of the molecule is CC1(C)CCN(C(=O)N[C@@H](CC(=O)O)C(=O)O)C1. The highest BCUT2D eigenvalue weighted by Crippen LogP contribution is 2.28. The van der Waals surface area contributed by atoms with Crippen molar-refractivity contribution in [2.45, 2.75) is 32.7 Å². The topological polar surface area (TPSA) is 107 Å².